The molecular formula is C31H36ClN7O2. The van der Waals surface area contributed by atoms with Crippen LogP contribution in [0.15, 0.2) is 54.7 Å². The average molecular weight is 574 g/mol. The summed E-state index contributed by atoms with van der Waals surface area (Å²) in [4.78, 5) is 21.6. The number of piperazine rings is 1. The highest BCUT2D eigenvalue weighted by Gasteiger charge is 2.21. The molecule has 0 aliphatic carbocycles. The number of halogens is 1. The van der Waals surface area contributed by atoms with E-state index in [2.05, 4.69) is 57.0 Å². The predicted molar refractivity (Wildman–Crippen MR) is 165 cm³/mol. The van der Waals surface area contributed by atoms with E-state index in [0.29, 0.717) is 11.6 Å². The molecule has 0 radical (unpaired) electrons. The third-order valence-electron chi connectivity index (χ3n) is 7.69. The molecule has 0 amide bonds. The van der Waals surface area contributed by atoms with Crippen molar-refractivity contribution in [3.05, 3.63) is 71.0 Å². The van der Waals surface area contributed by atoms with Crippen molar-refractivity contribution in [2.24, 2.45) is 0 Å². The van der Waals surface area contributed by atoms with E-state index in [9.17, 15) is 0 Å². The Bertz CT molecular complexity index is 1510. The standard InChI is InChI=1S/C31H36ClN7O2/c1-3-37-13-15-38(16-14-37)30-17-22(2)35-31(36-30)39(20-23-5-8-28-29(18-23)41-21-40-28)12-4-10-33-26-9-11-34-27-19-24(32)6-7-25(26)27/h5-9,11,17-19H,3-4,10,12-16,20-21H2,1-2H3,(H,33,34). The molecule has 1 fully saturated rings. The quantitative estimate of drug-likeness (QED) is 0.252. The second-order valence-electron chi connectivity index (χ2n) is 10.5. The number of rotatable bonds is 10. The molecule has 2 aromatic carbocycles. The van der Waals surface area contributed by atoms with Gasteiger partial charge in [0.05, 0.1) is 5.52 Å². The molecule has 6 rings (SSSR count). The molecule has 41 heavy (non-hydrogen) atoms. The van der Waals surface area contributed by atoms with E-state index < -0.39 is 0 Å². The number of aryl methyl sites for hydroxylation is 1. The summed E-state index contributed by atoms with van der Waals surface area (Å²) in [5, 5.41) is 5.34. The lowest BCUT2D eigenvalue weighted by atomic mass is 10.1. The minimum absolute atomic E-state index is 0.264. The van der Waals surface area contributed by atoms with Gasteiger partial charge in [0.25, 0.3) is 0 Å². The second kappa shape index (κ2) is 12.4. The van der Waals surface area contributed by atoms with Crippen LogP contribution in [0.1, 0.15) is 24.6 Å². The summed E-state index contributed by atoms with van der Waals surface area (Å²) >= 11 is 6.18. The maximum Gasteiger partial charge on any atom is 0.231 e. The zero-order chi connectivity index (χ0) is 28.2. The highest BCUT2D eigenvalue weighted by Crippen LogP contribution is 2.33. The van der Waals surface area contributed by atoms with Gasteiger partial charge >= 0.3 is 0 Å². The van der Waals surface area contributed by atoms with Gasteiger partial charge in [0.15, 0.2) is 11.5 Å². The number of fused-ring (bicyclic) bond motifs is 2. The van der Waals surface area contributed by atoms with Gasteiger partial charge in [0, 0.05) is 79.9 Å². The summed E-state index contributed by atoms with van der Waals surface area (Å²) in [6.07, 6.45) is 2.71. The van der Waals surface area contributed by atoms with Crippen molar-refractivity contribution in [3.8, 4) is 11.5 Å². The van der Waals surface area contributed by atoms with Crippen LogP contribution in [-0.2, 0) is 6.54 Å². The van der Waals surface area contributed by atoms with E-state index >= 15 is 0 Å². The van der Waals surface area contributed by atoms with Crippen molar-refractivity contribution >= 4 is 40.0 Å². The highest BCUT2D eigenvalue weighted by atomic mass is 35.5. The number of nitrogens with one attached hydrogen (secondary N) is 1. The van der Waals surface area contributed by atoms with Gasteiger partial charge in [-0.25, -0.2) is 4.98 Å². The van der Waals surface area contributed by atoms with E-state index in [1.807, 2.05) is 36.5 Å². The molecule has 0 bridgehead atoms. The summed E-state index contributed by atoms with van der Waals surface area (Å²) in [7, 11) is 0. The van der Waals surface area contributed by atoms with Crippen LogP contribution in [0.2, 0.25) is 5.02 Å². The summed E-state index contributed by atoms with van der Waals surface area (Å²) in [5.41, 5.74) is 4.03. The van der Waals surface area contributed by atoms with E-state index in [0.717, 1.165) is 103 Å². The monoisotopic (exact) mass is 573 g/mol. The Balaban J connectivity index is 1.20. The fourth-order valence-electron chi connectivity index (χ4n) is 5.41. The molecule has 2 aliphatic rings. The largest absolute Gasteiger partial charge is 0.454 e. The molecule has 0 atom stereocenters. The van der Waals surface area contributed by atoms with E-state index in [1.54, 1.807) is 0 Å². The lowest BCUT2D eigenvalue weighted by Crippen LogP contribution is -2.46. The van der Waals surface area contributed by atoms with E-state index in [-0.39, 0.29) is 6.79 Å². The van der Waals surface area contributed by atoms with Crippen molar-refractivity contribution in [2.75, 3.05) is 67.7 Å². The van der Waals surface area contributed by atoms with Gasteiger partial charge in [-0.3, -0.25) is 4.98 Å². The zero-order valence-electron chi connectivity index (χ0n) is 23.6. The summed E-state index contributed by atoms with van der Waals surface area (Å²) < 4.78 is 11.2. The molecule has 2 aliphatic heterocycles. The van der Waals surface area contributed by atoms with Crippen LogP contribution in [-0.4, -0.2) is 72.5 Å². The molecule has 4 aromatic rings. The van der Waals surface area contributed by atoms with Crippen LogP contribution >= 0.6 is 11.6 Å². The molecule has 214 valence electrons. The third-order valence-corrected chi connectivity index (χ3v) is 7.93. The van der Waals surface area contributed by atoms with Gasteiger partial charge < -0.3 is 29.5 Å². The first-order valence-electron chi connectivity index (χ1n) is 14.3. The van der Waals surface area contributed by atoms with Gasteiger partial charge in [-0.2, -0.15) is 4.98 Å². The second-order valence-corrected chi connectivity index (χ2v) is 10.9. The SMILES string of the molecule is CCN1CCN(c2cc(C)nc(N(CCCNc3ccnc4cc(Cl)ccc34)Cc3ccc4c(c3)OCO4)n2)CC1. The van der Waals surface area contributed by atoms with Crippen molar-refractivity contribution < 1.29 is 9.47 Å². The first-order valence-corrected chi connectivity index (χ1v) is 14.7. The van der Waals surface area contributed by atoms with Crippen LogP contribution < -0.4 is 24.6 Å². The molecule has 1 N–H and O–H groups in total. The number of pyridine rings is 1. The fourth-order valence-corrected chi connectivity index (χ4v) is 5.58. The Labute approximate surface area is 246 Å². The number of aromatic nitrogens is 3. The van der Waals surface area contributed by atoms with Crippen LogP contribution in [0.5, 0.6) is 11.5 Å². The van der Waals surface area contributed by atoms with Gasteiger partial charge in [0.2, 0.25) is 12.7 Å². The third kappa shape index (κ3) is 6.41. The van der Waals surface area contributed by atoms with E-state index in [1.165, 1.54) is 0 Å². The molecule has 9 nitrogen and oxygen atoms in total. The van der Waals surface area contributed by atoms with Gasteiger partial charge in [-0.1, -0.05) is 24.6 Å². The molecule has 2 aromatic heterocycles. The predicted octanol–water partition coefficient (Wildman–Crippen LogP) is 5.37. The summed E-state index contributed by atoms with van der Waals surface area (Å²) in [6, 6.07) is 16.1. The summed E-state index contributed by atoms with van der Waals surface area (Å²) in [5.74, 6) is 3.32. The van der Waals surface area contributed by atoms with Gasteiger partial charge in [-0.05, 0) is 61.9 Å². The Hall–Kier alpha value is -3.82. The Morgan fingerprint density at radius 3 is 2.68 bits per heavy atom. The Morgan fingerprint density at radius 1 is 0.976 bits per heavy atom. The minimum Gasteiger partial charge on any atom is -0.454 e. The number of hydrogen-bond acceptors (Lipinski definition) is 9. The van der Waals surface area contributed by atoms with Gasteiger partial charge in [-0.15, -0.1) is 0 Å². The fraction of sp³-hybridized carbons (Fsp3) is 0.387. The number of ether oxygens (including phenoxy) is 2. The lowest BCUT2D eigenvalue weighted by molar-refractivity contribution is 0.174. The maximum absolute atomic E-state index is 6.18. The normalized spacial score (nSPS) is 15.0. The first kappa shape index (κ1) is 27.4. The van der Waals surface area contributed by atoms with Gasteiger partial charge in [0.1, 0.15) is 5.82 Å². The molecular weight excluding hydrogens is 538 g/mol. The Kier molecular flexibility index (Phi) is 8.25. The van der Waals surface area contributed by atoms with Crippen LogP contribution in [0.3, 0.4) is 0 Å². The maximum atomic E-state index is 6.18. The number of likely N-dealkylation sites (N-methyl/N-ethyl adjacent to an activating group) is 1. The lowest BCUT2D eigenvalue weighted by Gasteiger charge is -2.35. The van der Waals surface area contributed by atoms with Crippen molar-refractivity contribution in [1.29, 1.82) is 0 Å². The van der Waals surface area contributed by atoms with Crippen molar-refractivity contribution in [2.45, 2.75) is 26.8 Å². The van der Waals surface area contributed by atoms with Crippen LogP contribution in [0, 0.1) is 6.92 Å². The number of hydrogen-bond donors (Lipinski definition) is 1. The Morgan fingerprint density at radius 2 is 1.83 bits per heavy atom. The zero-order valence-corrected chi connectivity index (χ0v) is 24.4. The molecule has 1 saturated heterocycles. The summed E-state index contributed by atoms with van der Waals surface area (Å²) in [6.45, 7) is 11.9. The van der Waals surface area contributed by atoms with E-state index in [4.69, 9.17) is 31.0 Å². The number of benzene rings is 2. The molecule has 0 unspecified atom stereocenters. The topological polar surface area (TPSA) is 78.9 Å². The van der Waals surface area contributed by atoms with Crippen molar-refractivity contribution in [1.82, 2.24) is 19.9 Å². The molecule has 0 saturated carbocycles. The highest BCUT2D eigenvalue weighted by molar-refractivity contribution is 6.31. The van der Waals surface area contributed by atoms with Crippen LogP contribution in [0.4, 0.5) is 17.5 Å². The molecule has 10 heteroatoms. The number of nitrogens with zero attached hydrogens (tertiary/aromatic N) is 6. The van der Waals surface area contributed by atoms with Crippen LogP contribution in [0.25, 0.3) is 10.9 Å². The first-order chi connectivity index (χ1) is 20.1. The smallest absolute Gasteiger partial charge is 0.231 e. The molecule has 4 heterocycles. The average Bonchev–Trinajstić information content (AvgIpc) is 3.46. The molecule has 0 spiro atoms. The number of anilines is 3. The minimum atomic E-state index is 0.264. The van der Waals surface area contributed by atoms with Crippen molar-refractivity contribution in [3.63, 3.8) is 0 Å².